The highest BCUT2D eigenvalue weighted by atomic mass is 35.5. The average molecular weight is 840 g/mol. The molecule has 0 saturated heterocycles. The molecular formula is C43H63ClN8O5S. The van der Waals surface area contributed by atoms with Crippen LogP contribution in [0.2, 0.25) is 5.02 Å². The minimum atomic E-state index is -3.29. The smallest absolute Gasteiger partial charge is 0.306 e. The first-order valence-electron chi connectivity index (χ1n) is 20.9. The lowest BCUT2D eigenvalue weighted by atomic mass is 9.87. The average Bonchev–Trinajstić information content (AvgIpc) is 3.74. The number of aromatic nitrogens is 3. The lowest BCUT2D eigenvalue weighted by Crippen LogP contribution is -2.34. The van der Waals surface area contributed by atoms with Crippen molar-refractivity contribution in [2.75, 3.05) is 42.7 Å². The fraction of sp³-hybridized carbons (Fsp3) is 0.581. The normalized spacial score (nSPS) is 13.4. The first-order chi connectivity index (χ1) is 27.7. The number of unbranched alkanes of at least 4 members (excludes halogenated alkanes) is 11. The first kappa shape index (κ1) is 46.5. The number of sulfonamides is 1. The van der Waals surface area contributed by atoms with E-state index in [2.05, 4.69) is 22.1 Å². The van der Waals surface area contributed by atoms with Crippen LogP contribution in [0.1, 0.15) is 130 Å². The maximum absolute atomic E-state index is 12.6. The molecule has 2 aromatic carbocycles. The highest BCUT2D eigenvalue weighted by Crippen LogP contribution is 2.33. The van der Waals surface area contributed by atoms with Crippen molar-refractivity contribution in [3.63, 3.8) is 0 Å². The SMILES string of the molecule is CCCCCCCCCCCCCCOC(=O)CCC(=O)Nc1ccc(-c2nc3n(n2)N=C(C(C)(C)C)C3=Nc2ccc(N(CC)CCNS(C)(=O)=O)cc2Cl)cc1. The quantitative estimate of drug-likeness (QED) is 0.0631. The van der Waals surface area contributed by atoms with Crippen molar-refractivity contribution in [1.29, 1.82) is 0 Å². The summed E-state index contributed by atoms with van der Waals surface area (Å²) in [7, 11) is -3.29. The van der Waals surface area contributed by atoms with Crippen LogP contribution in [-0.2, 0) is 24.3 Å². The molecular weight excluding hydrogens is 776 g/mol. The summed E-state index contributed by atoms with van der Waals surface area (Å²) in [5, 5.41) is 12.7. The highest BCUT2D eigenvalue weighted by Gasteiger charge is 2.35. The van der Waals surface area contributed by atoms with Gasteiger partial charge < -0.3 is 15.0 Å². The topological polar surface area (TPSA) is 160 Å². The summed E-state index contributed by atoms with van der Waals surface area (Å²) < 4.78 is 30.9. The second-order valence-electron chi connectivity index (χ2n) is 15.9. The molecule has 3 aromatic rings. The zero-order valence-electron chi connectivity index (χ0n) is 35.3. The van der Waals surface area contributed by atoms with Gasteiger partial charge in [-0.3, -0.25) is 9.59 Å². The number of esters is 1. The Balaban J connectivity index is 1.27. The fourth-order valence-corrected chi connectivity index (χ4v) is 7.26. The van der Waals surface area contributed by atoms with E-state index in [0.717, 1.165) is 36.8 Å². The number of carbonyl (C=O) groups excluding carboxylic acids is 2. The Bertz CT molecular complexity index is 1970. The zero-order chi connectivity index (χ0) is 42.1. The monoisotopic (exact) mass is 838 g/mol. The lowest BCUT2D eigenvalue weighted by Gasteiger charge is -2.23. The van der Waals surface area contributed by atoms with Crippen LogP contribution in [-0.4, -0.2) is 79.1 Å². The molecule has 2 N–H and O–H groups in total. The molecule has 0 saturated carbocycles. The number of carbonyl (C=O) groups is 2. The van der Waals surface area contributed by atoms with Crippen LogP contribution in [0.25, 0.3) is 11.4 Å². The Morgan fingerprint density at radius 2 is 1.53 bits per heavy atom. The molecule has 318 valence electrons. The Morgan fingerprint density at radius 1 is 0.897 bits per heavy atom. The number of hydrogen-bond acceptors (Lipinski definition) is 10. The van der Waals surface area contributed by atoms with Crippen molar-refractivity contribution < 1.29 is 22.7 Å². The number of nitrogens with zero attached hydrogens (tertiary/aromatic N) is 6. The first-order valence-corrected chi connectivity index (χ1v) is 23.2. The van der Waals surface area contributed by atoms with Crippen LogP contribution in [0.4, 0.5) is 17.1 Å². The van der Waals surface area contributed by atoms with Gasteiger partial charge in [0.2, 0.25) is 21.8 Å². The van der Waals surface area contributed by atoms with E-state index in [4.69, 9.17) is 31.4 Å². The molecule has 0 fully saturated rings. The molecule has 1 amide bonds. The van der Waals surface area contributed by atoms with E-state index < -0.39 is 10.0 Å². The van der Waals surface area contributed by atoms with E-state index in [-0.39, 0.29) is 36.7 Å². The predicted octanol–water partition coefficient (Wildman–Crippen LogP) is 9.32. The summed E-state index contributed by atoms with van der Waals surface area (Å²) in [4.78, 5) is 38.1. The van der Waals surface area contributed by atoms with Crippen molar-refractivity contribution in [3.8, 4) is 11.4 Å². The molecule has 0 unspecified atom stereocenters. The molecule has 0 aliphatic carbocycles. The van der Waals surface area contributed by atoms with Crippen LogP contribution < -0.4 is 14.9 Å². The number of hydrogen-bond donors (Lipinski definition) is 2. The van der Waals surface area contributed by atoms with Crippen molar-refractivity contribution in [2.45, 2.75) is 125 Å². The molecule has 0 spiro atoms. The number of ether oxygens (including phenoxy) is 1. The number of anilines is 2. The standard InChI is InChI=1S/C43H63ClN8O5S/c1-7-9-10-11-12-13-14-15-16-17-18-19-30-57-38(54)27-26-37(53)46-33-22-20-32(21-23-33)41-48-42-39(40(43(3,4)5)49-52(42)50-41)47-36-25-24-34(31-35(36)44)51(8-2)29-28-45-58(6,55)56/h20-25,31,45H,7-19,26-30H2,1-6H3,(H,46,53). The zero-order valence-corrected chi connectivity index (χ0v) is 36.9. The summed E-state index contributed by atoms with van der Waals surface area (Å²) in [6.45, 7) is 12.2. The van der Waals surface area contributed by atoms with Crippen molar-refractivity contribution in [1.82, 2.24) is 19.6 Å². The summed E-state index contributed by atoms with van der Waals surface area (Å²) in [5.41, 5.74) is 3.59. The van der Waals surface area contributed by atoms with Crippen molar-refractivity contribution in [2.24, 2.45) is 15.5 Å². The number of fused-ring (bicyclic) bond motifs is 1. The van der Waals surface area contributed by atoms with E-state index in [0.29, 0.717) is 59.2 Å². The van der Waals surface area contributed by atoms with E-state index in [1.165, 1.54) is 62.6 Å². The second-order valence-corrected chi connectivity index (χ2v) is 18.2. The maximum atomic E-state index is 12.6. The molecule has 0 bridgehead atoms. The Labute approximate surface area is 350 Å². The number of halogens is 1. The molecule has 58 heavy (non-hydrogen) atoms. The van der Waals surface area contributed by atoms with Crippen molar-refractivity contribution >= 4 is 62.0 Å². The maximum Gasteiger partial charge on any atom is 0.306 e. The van der Waals surface area contributed by atoms with E-state index in [9.17, 15) is 18.0 Å². The predicted molar refractivity (Wildman–Crippen MR) is 236 cm³/mol. The van der Waals surface area contributed by atoms with Gasteiger partial charge in [-0.15, -0.1) is 9.89 Å². The largest absolute Gasteiger partial charge is 0.466 e. The third kappa shape index (κ3) is 15.2. The minimum Gasteiger partial charge on any atom is -0.466 e. The van der Waals surface area contributed by atoms with Crippen molar-refractivity contribution in [3.05, 3.63) is 53.3 Å². The van der Waals surface area contributed by atoms with Gasteiger partial charge in [0.15, 0.2) is 5.82 Å². The lowest BCUT2D eigenvalue weighted by molar-refractivity contribution is -0.144. The van der Waals surface area contributed by atoms with E-state index >= 15 is 0 Å². The van der Waals surface area contributed by atoms with Crippen LogP contribution in [0.5, 0.6) is 0 Å². The molecule has 0 atom stereocenters. The number of nitrogens with one attached hydrogen (secondary N) is 2. The molecule has 2 heterocycles. The Kier molecular flexibility index (Phi) is 18.3. The minimum absolute atomic E-state index is 0.0326. The summed E-state index contributed by atoms with van der Waals surface area (Å²) in [5.74, 6) is 0.296. The number of amides is 1. The highest BCUT2D eigenvalue weighted by molar-refractivity contribution is 7.88. The Morgan fingerprint density at radius 3 is 2.12 bits per heavy atom. The second kappa shape index (κ2) is 22.9. The summed E-state index contributed by atoms with van der Waals surface area (Å²) >= 11 is 6.77. The van der Waals surface area contributed by atoms with Gasteiger partial charge in [0.05, 0.1) is 35.7 Å². The van der Waals surface area contributed by atoms with Crippen LogP contribution in [0, 0.1) is 5.41 Å². The van der Waals surface area contributed by atoms with Gasteiger partial charge in [0.1, 0.15) is 5.71 Å². The molecule has 15 heteroatoms. The third-order valence-corrected chi connectivity index (χ3v) is 10.9. The molecule has 4 rings (SSSR count). The van der Waals surface area contributed by atoms with E-state index in [1.54, 1.807) is 12.1 Å². The summed E-state index contributed by atoms with van der Waals surface area (Å²) in [6, 6.07) is 12.7. The number of likely N-dealkylation sites (N-methyl/N-ethyl adjacent to an activating group) is 1. The number of aliphatic imine (C=N–C) groups is 1. The van der Waals surface area contributed by atoms with Gasteiger partial charge in [-0.2, -0.15) is 5.10 Å². The van der Waals surface area contributed by atoms with Crippen LogP contribution in [0.3, 0.4) is 0 Å². The fourth-order valence-electron chi connectivity index (χ4n) is 6.58. The van der Waals surface area contributed by atoms with Gasteiger partial charge in [-0.1, -0.05) is 110 Å². The number of benzene rings is 2. The number of rotatable bonds is 25. The van der Waals surface area contributed by atoms with Crippen LogP contribution >= 0.6 is 11.6 Å². The van der Waals surface area contributed by atoms with Gasteiger partial charge in [0, 0.05) is 48.4 Å². The van der Waals surface area contributed by atoms with Gasteiger partial charge >= 0.3 is 5.97 Å². The van der Waals surface area contributed by atoms with E-state index in [1.807, 2.05) is 62.9 Å². The molecule has 1 aliphatic heterocycles. The molecule has 13 nitrogen and oxygen atoms in total. The van der Waals surface area contributed by atoms with Gasteiger partial charge in [-0.05, 0) is 55.8 Å². The molecule has 0 radical (unpaired) electrons. The summed E-state index contributed by atoms with van der Waals surface area (Å²) in [6.07, 6.45) is 16.2. The molecule has 1 aliphatic rings. The Hall–Kier alpha value is -4.14. The van der Waals surface area contributed by atoms with Gasteiger partial charge in [-0.25, -0.2) is 23.1 Å². The van der Waals surface area contributed by atoms with Crippen LogP contribution in [0.15, 0.2) is 52.6 Å². The molecule has 1 aromatic heterocycles. The third-order valence-electron chi connectivity index (χ3n) is 9.83. The van der Waals surface area contributed by atoms with Gasteiger partial charge in [0.25, 0.3) is 0 Å².